The Labute approximate surface area is 382 Å². The van der Waals surface area contributed by atoms with Crippen LogP contribution in [0.4, 0.5) is 0 Å². The minimum atomic E-state index is -1.55. The van der Waals surface area contributed by atoms with Gasteiger partial charge in [-0.15, -0.1) is 0 Å². The van der Waals surface area contributed by atoms with Crippen LogP contribution in [0.15, 0.2) is 42.0 Å². The van der Waals surface area contributed by atoms with E-state index in [-0.39, 0.29) is 37.3 Å². The van der Waals surface area contributed by atoms with Crippen LogP contribution >= 0.6 is 0 Å². The number of carbonyl (C=O) groups excluding carboxylic acids is 4. The maximum Gasteiger partial charge on any atom is 0.338 e. The third-order valence-corrected chi connectivity index (χ3v) is 12.2. The first kappa shape index (κ1) is 52.2. The van der Waals surface area contributed by atoms with Crippen LogP contribution in [0.3, 0.4) is 0 Å². The maximum atomic E-state index is 14.5. The van der Waals surface area contributed by atoms with Crippen LogP contribution in [-0.2, 0) is 42.8 Å². The molecule has 0 radical (unpaired) electrons. The van der Waals surface area contributed by atoms with Crippen molar-refractivity contribution in [2.24, 2.45) is 0 Å². The monoisotopic (exact) mass is 916 g/mol. The summed E-state index contributed by atoms with van der Waals surface area (Å²) < 4.78 is 36.1. The molecule has 3 aliphatic heterocycles. The molecule has 1 aromatic rings. The van der Waals surface area contributed by atoms with Crippen LogP contribution in [0.25, 0.3) is 6.08 Å². The van der Waals surface area contributed by atoms with E-state index in [9.17, 15) is 44.7 Å². The highest BCUT2D eigenvalue weighted by Gasteiger charge is 2.53. The molecule has 3 saturated heterocycles. The molecule has 10 unspecified atom stereocenters. The van der Waals surface area contributed by atoms with E-state index in [1.165, 1.54) is 4.90 Å². The van der Waals surface area contributed by atoms with Gasteiger partial charge in [-0.1, -0.05) is 63.8 Å². The Morgan fingerprint density at radius 3 is 2.28 bits per heavy atom. The van der Waals surface area contributed by atoms with Crippen molar-refractivity contribution in [2.75, 3.05) is 26.4 Å². The fourth-order valence-electron chi connectivity index (χ4n) is 8.72. The molecule has 1 aromatic carbocycles. The molecule has 4 aliphatic rings. The SMILES string of the molecule is CCCCCC1(CCCCC)OC2C=C(C(=O)N3CCCC3C(=O)NC(CO)CCC(=O)OC(C)(C)C)CC(OC(=O)c3ccc(C=CCOC4OC(CO)C(O)C(O)C4O)cc3)C2O1. The van der Waals surface area contributed by atoms with Crippen molar-refractivity contribution < 1.29 is 73.1 Å². The Hall–Kier alpha value is -3.78. The van der Waals surface area contributed by atoms with Gasteiger partial charge in [0.25, 0.3) is 0 Å². The van der Waals surface area contributed by atoms with Crippen LogP contribution in [0.5, 0.6) is 0 Å². The molecule has 0 aromatic heterocycles. The summed E-state index contributed by atoms with van der Waals surface area (Å²) in [6, 6.07) is 5.10. The molecule has 0 bridgehead atoms. The van der Waals surface area contributed by atoms with Gasteiger partial charge in [0.05, 0.1) is 31.4 Å². The summed E-state index contributed by atoms with van der Waals surface area (Å²) in [6.07, 6.45) is 4.16. The second-order valence-corrected chi connectivity index (χ2v) is 18.6. The van der Waals surface area contributed by atoms with Crippen molar-refractivity contribution in [2.45, 2.75) is 191 Å². The van der Waals surface area contributed by atoms with Crippen LogP contribution in [0.1, 0.15) is 134 Å². The number of unbranched alkanes of at least 4 members (excludes halogenated alkanes) is 4. The number of fused-ring (bicyclic) bond motifs is 1. The fourth-order valence-corrected chi connectivity index (χ4v) is 8.72. The lowest BCUT2D eigenvalue weighted by atomic mass is 9.91. The normalized spacial score (nSPS) is 28.1. The first-order chi connectivity index (χ1) is 31.0. The van der Waals surface area contributed by atoms with E-state index in [2.05, 4.69) is 19.2 Å². The van der Waals surface area contributed by atoms with Gasteiger partial charge in [0.1, 0.15) is 54.4 Å². The van der Waals surface area contributed by atoms with E-state index in [0.29, 0.717) is 43.4 Å². The van der Waals surface area contributed by atoms with Gasteiger partial charge in [-0.05, 0) is 76.6 Å². The molecular formula is C48H72N2O15. The zero-order valence-electron chi connectivity index (χ0n) is 38.6. The molecule has 0 saturated carbocycles. The molecule has 6 N–H and O–H groups in total. The number of aliphatic hydroxyl groups is 5. The fraction of sp³-hybridized carbons (Fsp3) is 0.708. The zero-order valence-corrected chi connectivity index (χ0v) is 38.6. The summed E-state index contributed by atoms with van der Waals surface area (Å²) in [4.78, 5) is 55.9. The average Bonchev–Trinajstić information content (AvgIpc) is 3.92. The largest absolute Gasteiger partial charge is 0.460 e. The summed E-state index contributed by atoms with van der Waals surface area (Å²) in [5.74, 6) is -2.79. The Kier molecular flexibility index (Phi) is 19.5. The zero-order chi connectivity index (χ0) is 47.3. The lowest BCUT2D eigenvalue weighted by molar-refractivity contribution is -0.298. The third kappa shape index (κ3) is 14.4. The van der Waals surface area contributed by atoms with E-state index in [1.807, 2.05) is 0 Å². The number of benzene rings is 1. The smallest absolute Gasteiger partial charge is 0.338 e. The maximum absolute atomic E-state index is 14.5. The number of likely N-dealkylation sites (tertiary alicyclic amines) is 1. The lowest BCUT2D eigenvalue weighted by Crippen LogP contribution is -2.59. The number of nitrogens with zero attached hydrogens (tertiary/aromatic N) is 1. The van der Waals surface area contributed by atoms with E-state index in [0.717, 1.165) is 38.5 Å². The molecule has 0 spiro atoms. The summed E-state index contributed by atoms with van der Waals surface area (Å²) in [5.41, 5.74) is 0.651. The van der Waals surface area contributed by atoms with E-state index in [1.54, 1.807) is 63.3 Å². The van der Waals surface area contributed by atoms with Crippen molar-refractivity contribution in [3.05, 3.63) is 53.1 Å². The van der Waals surface area contributed by atoms with Crippen LogP contribution in [-0.4, -0.2) is 153 Å². The molecule has 17 nitrogen and oxygen atoms in total. The second kappa shape index (κ2) is 24.3. The Morgan fingerprint density at radius 2 is 1.65 bits per heavy atom. The standard InChI is InChI=1S/C48H72N2O15/c1-6-8-10-22-48(23-11-9-7-2)63-36-27-32(44(58)50-24-12-15-34(50)43(57)49-33(28-51)20-21-38(53)64-47(3,4)5)26-35(42(36)65-48)61-45(59)31-18-16-30(17-19-31)14-13-25-60-46-41(56)40(55)39(54)37(29-52)62-46/h13-14,16-19,27,33-37,39-42,46,51-52,54-56H,6-12,15,20-26,28-29H2,1-5H3,(H,49,57). The van der Waals surface area contributed by atoms with E-state index in [4.69, 9.17) is 28.4 Å². The number of hydrogen-bond acceptors (Lipinski definition) is 15. The molecule has 3 heterocycles. The van der Waals surface area contributed by atoms with Crippen molar-refractivity contribution in [1.82, 2.24) is 10.2 Å². The molecule has 17 heteroatoms. The van der Waals surface area contributed by atoms with Gasteiger partial charge in [0, 0.05) is 37.8 Å². The van der Waals surface area contributed by atoms with Gasteiger partial charge >= 0.3 is 11.9 Å². The van der Waals surface area contributed by atoms with Crippen LogP contribution in [0.2, 0.25) is 0 Å². The summed E-state index contributed by atoms with van der Waals surface area (Å²) >= 11 is 0. The van der Waals surface area contributed by atoms with Gasteiger partial charge in [-0.25, -0.2) is 4.79 Å². The number of amides is 2. The summed E-state index contributed by atoms with van der Waals surface area (Å²) in [7, 11) is 0. The number of esters is 2. The average molecular weight is 917 g/mol. The van der Waals surface area contributed by atoms with Crippen LogP contribution < -0.4 is 5.32 Å². The molecule has 10 atom stereocenters. The van der Waals surface area contributed by atoms with Gasteiger partial charge in [0.2, 0.25) is 11.8 Å². The van der Waals surface area contributed by atoms with Gasteiger partial charge < -0.3 is 64.2 Å². The molecule has 65 heavy (non-hydrogen) atoms. The number of nitrogens with one attached hydrogen (secondary N) is 1. The molecular weight excluding hydrogens is 845 g/mol. The highest BCUT2D eigenvalue weighted by Crippen LogP contribution is 2.44. The lowest BCUT2D eigenvalue weighted by Gasteiger charge is -2.39. The minimum absolute atomic E-state index is 0.000136. The molecule has 364 valence electrons. The van der Waals surface area contributed by atoms with Gasteiger partial charge in [0.15, 0.2) is 12.1 Å². The van der Waals surface area contributed by atoms with Crippen LogP contribution in [0, 0.1) is 0 Å². The highest BCUT2D eigenvalue weighted by atomic mass is 16.8. The Balaban J connectivity index is 1.28. The number of carbonyl (C=O) groups is 4. The van der Waals surface area contributed by atoms with E-state index < -0.39 is 104 Å². The van der Waals surface area contributed by atoms with E-state index >= 15 is 0 Å². The number of rotatable bonds is 22. The van der Waals surface area contributed by atoms with Gasteiger partial charge in [-0.3, -0.25) is 14.4 Å². The van der Waals surface area contributed by atoms with Crippen molar-refractivity contribution in [1.29, 1.82) is 0 Å². The molecule has 3 fully saturated rings. The topological polar surface area (TPSA) is 240 Å². The first-order valence-electron chi connectivity index (χ1n) is 23.4. The predicted molar refractivity (Wildman–Crippen MR) is 237 cm³/mol. The minimum Gasteiger partial charge on any atom is -0.460 e. The van der Waals surface area contributed by atoms with Crippen molar-refractivity contribution in [3.63, 3.8) is 0 Å². The Morgan fingerprint density at radius 1 is 0.954 bits per heavy atom. The number of aliphatic hydroxyl groups excluding tert-OH is 5. The molecule has 2 amide bonds. The predicted octanol–water partition coefficient (Wildman–Crippen LogP) is 3.60. The highest BCUT2D eigenvalue weighted by molar-refractivity contribution is 5.98. The quantitative estimate of drug-likeness (QED) is 0.0720. The first-order valence-corrected chi connectivity index (χ1v) is 23.4. The number of ether oxygens (including phenoxy) is 6. The second-order valence-electron chi connectivity index (χ2n) is 18.6. The number of hydrogen-bond donors (Lipinski definition) is 6. The Bertz CT molecular complexity index is 1770. The molecule has 1 aliphatic carbocycles. The van der Waals surface area contributed by atoms with Crippen molar-refractivity contribution >= 4 is 29.8 Å². The van der Waals surface area contributed by atoms with Crippen molar-refractivity contribution in [3.8, 4) is 0 Å². The summed E-state index contributed by atoms with van der Waals surface area (Å²) in [5, 5.41) is 52.6. The van der Waals surface area contributed by atoms with Gasteiger partial charge in [-0.2, -0.15) is 0 Å². The molecule has 5 rings (SSSR count). The summed E-state index contributed by atoms with van der Waals surface area (Å²) in [6.45, 7) is 8.87. The third-order valence-electron chi connectivity index (χ3n) is 12.2.